The molecule has 1 saturated carbocycles. The van der Waals surface area contributed by atoms with Crippen molar-refractivity contribution in [2.45, 2.75) is 43.8 Å². The molecule has 0 aromatic carbocycles. The number of carbonyl (C=O) groups excluding carboxylic acids is 1. The van der Waals surface area contributed by atoms with Gasteiger partial charge in [-0.3, -0.25) is 14.5 Å². The number of nitrogens with two attached hydrogens (primary N) is 2. The number of amides is 1. The van der Waals surface area contributed by atoms with Crippen LogP contribution in [0.1, 0.15) is 41.6 Å². The van der Waals surface area contributed by atoms with Crippen LogP contribution in [-0.2, 0) is 12.1 Å². The predicted octanol–water partition coefficient (Wildman–Crippen LogP) is 2.04. The molecule has 0 bridgehead atoms. The zero-order valence-electron chi connectivity index (χ0n) is 17.7. The summed E-state index contributed by atoms with van der Waals surface area (Å²) in [4.78, 5) is 19.6. The fourth-order valence-electron chi connectivity index (χ4n) is 4.16. The Morgan fingerprint density at radius 3 is 2.62 bits per heavy atom. The molecule has 1 amide bonds. The summed E-state index contributed by atoms with van der Waals surface area (Å²) in [5.74, 6) is -0.979. The highest BCUT2D eigenvalue weighted by Gasteiger charge is 2.37. The number of pyridine rings is 2. The van der Waals surface area contributed by atoms with Gasteiger partial charge in [-0.1, -0.05) is 0 Å². The van der Waals surface area contributed by atoms with E-state index in [4.69, 9.17) is 11.5 Å². The number of primary amides is 1. The molecule has 168 valence electrons. The average Bonchev–Trinajstić information content (AvgIpc) is 3.23. The van der Waals surface area contributed by atoms with Crippen molar-refractivity contribution in [2.75, 3.05) is 11.9 Å². The molecule has 3 aromatic rings. The molecule has 1 fully saturated rings. The van der Waals surface area contributed by atoms with Gasteiger partial charge in [0, 0.05) is 55.7 Å². The van der Waals surface area contributed by atoms with Crippen molar-refractivity contribution in [1.29, 1.82) is 0 Å². The first-order valence-corrected chi connectivity index (χ1v) is 10.6. The number of carbonyl (C=O) groups is 1. The Bertz CT molecular complexity index is 1060. The van der Waals surface area contributed by atoms with E-state index in [0.29, 0.717) is 18.3 Å². The van der Waals surface area contributed by atoms with E-state index in [1.807, 2.05) is 12.1 Å². The Labute approximate surface area is 185 Å². The van der Waals surface area contributed by atoms with E-state index in [1.165, 1.54) is 17.8 Å². The molecule has 0 spiro atoms. The summed E-state index contributed by atoms with van der Waals surface area (Å²) >= 11 is 0. The first-order chi connectivity index (χ1) is 15.5. The maximum atomic E-state index is 13.5. The number of aromatic nitrogens is 4. The van der Waals surface area contributed by atoms with Crippen LogP contribution in [0.15, 0.2) is 49.1 Å². The summed E-state index contributed by atoms with van der Waals surface area (Å²) in [6.45, 7) is 1.17. The Hall–Kier alpha value is -3.37. The summed E-state index contributed by atoms with van der Waals surface area (Å²) in [6, 6.07) is 7.18. The summed E-state index contributed by atoms with van der Waals surface area (Å²) in [7, 11) is 0. The largest absolute Gasteiger partial charge is 0.365 e. The Morgan fingerprint density at radius 1 is 1.22 bits per heavy atom. The molecule has 0 unspecified atom stereocenters. The van der Waals surface area contributed by atoms with Gasteiger partial charge in [0.2, 0.25) is 5.95 Å². The first-order valence-electron chi connectivity index (χ1n) is 10.6. The van der Waals surface area contributed by atoms with Crippen molar-refractivity contribution in [3.05, 3.63) is 66.1 Å². The van der Waals surface area contributed by atoms with Crippen molar-refractivity contribution in [3.8, 4) is 0 Å². The molecule has 10 heteroatoms. The van der Waals surface area contributed by atoms with E-state index in [0.717, 1.165) is 32.2 Å². The summed E-state index contributed by atoms with van der Waals surface area (Å²) < 4.78 is 15.2. The molecule has 0 aliphatic heterocycles. The van der Waals surface area contributed by atoms with Crippen molar-refractivity contribution in [3.63, 3.8) is 0 Å². The molecule has 4 rings (SSSR count). The highest BCUT2D eigenvalue weighted by molar-refractivity contribution is 5.98. The fraction of sp³-hybridized carbons (Fsp3) is 0.364. The summed E-state index contributed by atoms with van der Waals surface area (Å²) in [5.41, 5.74) is 13.2. The van der Waals surface area contributed by atoms with Crippen LogP contribution >= 0.6 is 0 Å². The SMILES string of the molecule is NCC1(n2cc(C(N)=O)c(Nc3ccnc(F)c3)n2)CCC(NCc2ccncc2)CC1. The molecule has 0 radical (unpaired) electrons. The van der Waals surface area contributed by atoms with Crippen LogP contribution in [0.4, 0.5) is 15.9 Å². The Balaban J connectivity index is 1.48. The van der Waals surface area contributed by atoms with E-state index < -0.39 is 17.4 Å². The highest BCUT2D eigenvalue weighted by atomic mass is 19.1. The van der Waals surface area contributed by atoms with Gasteiger partial charge in [0.1, 0.15) is 5.56 Å². The molecule has 0 saturated heterocycles. The number of hydrogen-bond donors (Lipinski definition) is 4. The quantitative estimate of drug-likeness (QED) is 0.395. The third kappa shape index (κ3) is 4.76. The van der Waals surface area contributed by atoms with Crippen LogP contribution < -0.4 is 22.1 Å². The van der Waals surface area contributed by atoms with Crippen LogP contribution in [0.2, 0.25) is 0 Å². The lowest BCUT2D eigenvalue weighted by Gasteiger charge is -2.40. The molecular weight excluding hydrogens is 411 g/mol. The van der Waals surface area contributed by atoms with Gasteiger partial charge in [-0.05, 0) is 49.4 Å². The second-order valence-electron chi connectivity index (χ2n) is 8.13. The lowest BCUT2D eigenvalue weighted by atomic mass is 9.79. The number of hydrogen-bond acceptors (Lipinski definition) is 7. The standard InChI is InChI=1S/C22H27FN8O/c23-19-11-17(5-10-27-19)29-21-18(20(25)32)13-31(30-21)22(14-24)6-1-16(2-7-22)28-12-15-3-8-26-9-4-15/h3-5,8-11,13,16,28H,1-2,6-7,12,14,24H2,(H2,25,32)(H,27,29,30). The van der Waals surface area contributed by atoms with Crippen LogP contribution in [0.5, 0.6) is 0 Å². The third-order valence-corrected chi connectivity index (χ3v) is 6.10. The van der Waals surface area contributed by atoms with Gasteiger partial charge in [0.15, 0.2) is 5.82 Å². The van der Waals surface area contributed by atoms with Crippen molar-refractivity contribution in [1.82, 2.24) is 25.1 Å². The van der Waals surface area contributed by atoms with Crippen LogP contribution in [0, 0.1) is 5.95 Å². The molecular formula is C22H27FN8O. The monoisotopic (exact) mass is 438 g/mol. The van der Waals surface area contributed by atoms with Crippen LogP contribution in [0.3, 0.4) is 0 Å². The van der Waals surface area contributed by atoms with Crippen molar-refractivity contribution < 1.29 is 9.18 Å². The fourth-order valence-corrected chi connectivity index (χ4v) is 4.16. The molecule has 32 heavy (non-hydrogen) atoms. The number of halogens is 1. The van der Waals surface area contributed by atoms with Gasteiger partial charge in [-0.25, -0.2) is 4.98 Å². The van der Waals surface area contributed by atoms with Crippen molar-refractivity contribution >= 4 is 17.4 Å². The minimum Gasteiger partial charge on any atom is -0.365 e. The van der Waals surface area contributed by atoms with Crippen LogP contribution in [-0.4, -0.2) is 38.2 Å². The molecule has 1 aliphatic rings. The number of nitrogens with zero attached hydrogens (tertiary/aromatic N) is 4. The highest BCUT2D eigenvalue weighted by Crippen LogP contribution is 2.35. The summed E-state index contributed by atoms with van der Waals surface area (Å²) in [5, 5.41) is 11.2. The molecule has 3 heterocycles. The molecule has 0 atom stereocenters. The zero-order chi connectivity index (χ0) is 22.6. The lowest BCUT2D eigenvalue weighted by molar-refractivity contribution is 0.1000. The molecule has 3 aromatic heterocycles. The van der Waals surface area contributed by atoms with E-state index >= 15 is 0 Å². The van der Waals surface area contributed by atoms with Crippen molar-refractivity contribution in [2.24, 2.45) is 11.5 Å². The maximum absolute atomic E-state index is 13.5. The zero-order valence-corrected chi connectivity index (χ0v) is 17.7. The number of anilines is 2. The van der Waals surface area contributed by atoms with Gasteiger partial charge in [-0.15, -0.1) is 0 Å². The van der Waals surface area contributed by atoms with E-state index in [2.05, 4.69) is 25.7 Å². The average molecular weight is 439 g/mol. The minimum absolute atomic E-state index is 0.230. The second kappa shape index (κ2) is 9.41. The lowest BCUT2D eigenvalue weighted by Crippen LogP contribution is -2.47. The van der Waals surface area contributed by atoms with Gasteiger partial charge in [0.25, 0.3) is 5.91 Å². The van der Waals surface area contributed by atoms with Crippen LogP contribution in [0.25, 0.3) is 0 Å². The third-order valence-electron chi connectivity index (χ3n) is 6.10. The predicted molar refractivity (Wildman–Crippen MR) is 119 cm³/mol. The first kappa shape index (κ1) is 21.8. The smallest absolute Gasteiger partial charge is 0.254 e. The Kier molecular flexibility index (Phi) is 6.42. The molecule has 9 nitrogen and oxygen atoms in total. The minimum atomic E-state index is -0.633. The Morgan fingerprint density at radius 2 is 1.97 bits per heavy atom. The topological polar surface area (TPSA) is 137 Å². The number of rotatable bonds is 8. The number of nitrogens with one attached hydrogen (secondary N) is 2. The summed E-state index contributed by atoms with van der Waals surface area (Å²) in [6.07, 6.45) is 10.0. The van der Waals surface area contributed by atoms with E-state index in [-0.39, 0.29) is 11.4 Å². The molecule has 1 aliphatic carbocycles. The maximum Gasteiger partial charge on any atom is 0.254 e. The van der Waals surface area contributed by atoms with E-state index in [9.17, 15) is 9.18 Å². The molecule has 6 N–H and O–H groups in total. The van der Waals surface area contributed by atoms with Gasteiger partial charge < -0.3 is 22.1 Å². The van der Waals surface area contributed by atoms with E-state index in [1.54, 1.807) is 29.3 Å². The normalized spacial score (nSPS) is 20.8. The van der Waals surface area contributed by atoms with Gasteiger partial charge >= 0.3 is 0 Å². The van der Waals surface area contributed by atoms with Gasteiger partial charge in [0.05, 0.1) is 5.54 Å². The second-order valence-corrected chi connectivity index (χ2v) is 8.13. The van der Waals surface area contributed by atoms with Gasteiger partial charge in [-0.2, -0.15) is 9.49 Å².